The van der Waals surface area contributed by atoms with Crippen molar-refractivity contribution >= 4 is 34.8 Å². The van der Waals surface area contributed by atoms with Gasteiger partial charge in [-0.05, 0) is 54.0 Å². The standard InChI is InChI=1S/C19H21N5O2S2/c1-12-5-4-6-13(2)18(12)24-19(21-22-23-24)27-11-16(26)17-8-7-15(28-17)9-10-20-14(3)25/h4-8H,9-11H2,1-3H3,(H,20,25). The van der Waals surface area contributed by atoms with Gasteiger partial charge in [-0.1, -0.05) is 30.0 Å². The SMILES string of the molecule is CC(=O)NCCc1ccc(C(=O)CSc2nnnn2-c2c(C)cccc2C)s1. The topological polar surface area (TPSA) is 89.8 Å². The number of thioether (sulfide) groups is 1. The van der Waals surface area contributed by atoms with Crippen molar-refractivity contribution in [3.63, 3.8) is 0 Å². The van der Waals surface area contributed by atoms with Gasteiger partial charge in [0.1, 0.15) is 0 Å². The van der Waals surface area contributed by atoms with E-state index in [9.17, 15) is 9.59 Å². The molecule has 0 saturated heterocycles. The molecule has 0 radical (unpaired) electrons. The van der Waals surface area contributed by atoms with Gasteiger partial charge in [0.2, 0.25) is 11.1 Å². The third kappa shape index (κ3) is 4.85. The van der Waals surface area contributed by atoms with Crippen molar-refractivity contribution in [3.8, 4) is 5.69 Å². The molecule has 28 heavy (non-hydrogen) atoms. The summed E-state index contributed by atoms with van der Waals surface area (Å²) < 4.78 is 1.69. The molecule has 2 aromatic heterocycles. The van der Waals surface area contributed by atoms with Crippen LogP contribution in [0.2, 0.25) is 0 Å². The van der Waals surface area contributed by atoms with Crippen LogP contribution in [0.4, 0.5) is 0 Å². The Bertz CT molecular complexity index is 976. The van der Waals surface area contributed by atoms with Crippen molar-refractivity contribution in [2.75, 3.05) is 12.3 Å². The van der Waals surface area contributed by atoms with Gasteiger partial charge in [-0.25, -0.2) is 0 Å². The molecule has 3 rings (SSSR count). The smallest absolute Gasteiger partial charge is 0.216 e. The third-order valence-corrected chi connectivity index (χ3v) is 6.21. The van der Waals surface area contributed by atoms with Gasteiger partial charge >= 0.3 is 0 Å². The molecule has 0 spiro atoms. The van der Waals surface area contributed by atoms with E-state index in [1.54, 1.807) is 4.68 Å². The zero-order chi connectivity index (χ0) is 20.1. The maximum absolute atomic E-state index is 12.6. The number of thiophene rings is 1. The number of Topliss-reactive ketones (excluding diaryl/α,β-unsaturated/α-hetero) is 1. The minimum absolute atomic E-state index is 0.0387. The first-order valence-electron chi connectivity index (χ1n) is 8.80. The average Bonchev–Trinajstić information content (AvgIpc) is 3.29. The zero-order valence-electron chi connectivity index (χ0n) is 15.9. The molecule has 0 aliphatic carbocycles. The number of tetrazole rings is 1. The maximum atomic E-state index is 12.6. The second-order valence-corrected chi connectivity index (χ2v) is 8.44. The molecule has 0 saturated carbocycles. The highest BCUT2D eigenvalue weighted by atomic mass is 32.2. The van der Waals surface area contributed by atoms with Crippen molar-refractivity contribution in [2.24, 2.45) is 0 Å². The van der Waals surface area contributed by atoms with E-state index < -0.39 is 0 Å². The average molecular weight is 416 g/mol. The molecule has 9 heteroatoms. The summed E-state index contributed by atoms with van der Waals surface area (Å²) >= 11 is 2.79. The molecular formula is C19H21N5O2S2. The number of nitrogens with one attached hydrogen (secondary N) is 1. The predicted molar refractivity (Wildman–Crippen MR) is 110 cm³/mol. The number of hydrogen-bond donors (Lipinski definition) is 1. The first-order chi connectivity index (χ1) is 13.5. The molecule has 0 fully saturated rings. The largest absolute Gasteiger partial charge is 0.356 e. The van der Waals surface area contributed by atoms with Gasteiger partial charge in [0.25, 0.3) is 0 Å². The second-order valence-electron chi connectivity index (χ2n) is 6.32. The highest BCUT2D eigenvalue weighted by molar-refractivity contribution is 7.99. The van der Waals surface area contributed by atoms with Crippen LogP contribution in [0.15, 0.2) is 35.5 Å². The molecule has 3 aromatic rings. The molecule has 0 aliphatic rings. The maximum Gasteiger partial charge on any atom is 0.216 e. The van der Waals surface area contributed by atoms with Crippen LogP contribution in [-0.4, -0.2) is 44.2 Å². The van der Waals surface area contributed by atoms with Gasteiger partial charge < -0.3 is 5.32 Å². The fourth-order valence-electron chi connectivity index (χ4n) is 2.77. The first kappa shape index (κ1) is 20.2. The summed E-state index contributed by atoms with van der Waals surface area (Å²) in [4.78, 5) is 25.3. The fraction of sp³-hybridized carbons (Fsp3) is 0.316. The number of nitrogens with zero attached hydrogens (tertiary/aromatic N) is 4. The predicted octanol–water partition coefficient (Wildman–Crippen LogP) is 2.99. The summed E-state index contributed by atoms with van der Waals surface area (Å²) in [6.45, 7) is 6.09. The van der Waals surface area contributed by atoms with Crippen molar-refractivity contribution in [1.82, 2.24) is 25.5 Å². The van der Waals surface area contributed by atoms with E-state index >= 15 is 0 Å². The molecule has 2 heterocycles. The van der Waals surface area contributed by atoms with Gasteiger partial charge in [-0.2, -0.15) is 4.68 Å². The normalized spacial score (nSPS) is 10.8. The minimum atomic E-state index is -0.0501. The summed E-state index contributed by atoms with van der Waals surface area (Å²) in [7, 11) is 0. The highest BCUT2D eigenvalue weighted by Crippen LogP contribution is 2.25. The molecule has 1 amide bonds. The lowest BCUT2D eigenvalue weighted by atomic mass is 10.1. The number of rotatable bonds is 8. The monoisotopic (exact) mass is 415 g/mol. The number of aryl methyl sites for hydroxylation is 2. The summed E-state index contributed by atoms with van der Waals surface area (Å²) in [6.07, 6.45) is 0.718. The number of carbonyl (C=O) groups excluding carboxylic acids is 2. The third-order valence-electron chi connectivity index (χ3n) is 4.11. The summed E-state index contributed by atoms with van der Waals surface area (Å²) in [5.74, 6) is 0.249. The minimum Gasteiger partial charge on any atom is -0.356 e. The van der Waals surface area contributed by atoms with Gasteiger partial charge in [0.05, 0.1) is 16.3 Å². The molecule has 146 valence electrons. The van der Waals surface area contributed by atoms with Gasteiger partial charge in [-0.15, -0.1) is 16.4 Å². The second kappa shape index (κ2) is 9.11. The van der Waals surface area contributed by atoms with Crippen molar-refractivity contribution in [2.45, 2.75) is 32.3 Å². The highest BCUT2D eigenvalue weighted by Gasteiger charge is 2.16. The quantitative estimate of drug-likeness (QED) is 0.449. The number of aromatic nitrogens is 4. The van der Waals surface area contributed by atoms with E-state index in [2.05, 4.69) is 20.8 Å². The lowest BCUT2D eigenvalue weighted by molar-refractivity contribution is -0.118. The fourth-order valence-corrected chi connectivity index (χ4v) is 4.57. The van der Waals surface area contributed by atoms with Crippen molar-refractivity contribution in [3.05, 3.63) is 51.2 Å². The van der Waals surface area contributed by atoms with Crippen molar-refractivity contribution < 1.29 is 9.59 Å². The molecule has 7 nitrogen and oxygen atoms in total. The van der Waals surface area contributed by atoms with E-state index in [-0.39, 0.29) is 17.4 Å². The summed E-state index contributed by atoms with van der Waals surface area (Å²) in [6, 6.07) is 9.79. The Hall–Kier alpha value is -2.52. The number of benzene rings is 1. The summed E-state index contributed by atoms with van der Waals surface area (Å²) in [5.41, 5.74) is 3.09. The van der Waals surface area contributed by atoms with Gasteiger partial charge in [0.15, 0.2) is 5.78 Å². The Balaban J connectivity index is 1.64. The number of amides is 1. The van der Waals surface area contributed by atoms with Crippen molar-refractivity contribution in [1.29, 1.82) is 0 Å². The van der Waals surface area contributed by atoms with E-state index in [0.717, 1.165) is 28.1 Å². The van der Waals surface area contributed by atoms with Crippen LogP contribution in [0.1, 0.15) is 32.6 Å². The van der Waals surface area contributed by atoms with Crippen LogP contribution in [-0.2, 0) is 11.2 Å². The van der Waals surface area contributed by atoms with E-state index in [4.69, 9.17) is 0 Å². The van der Waals surface area contributed by atoms with E-state index in [1.165, 1.54) is 30.0 Å². The zero-order valence-corrected chi connectivity index (χ0v) is 17.6. The lowest BCUT2D eigenvalue weighted by Gasteiger charge is -2.10. The molecule has 0 aliphatic heterocycles. The Morgan fingerprint density at radius 2 is 1.93 bits per heavy atom. The van der Waals surface area contributed by atoms with Crippen LogP contribution in [0.25, 0.3) is 5.69 Å². The van der Waals surface area contributed by atoms with E-state index in [1.807, 2.05) is 44.2 Å². The number of para-hydroxylation sites is 1. The number of hydrogen-bond acceptors (Lipinski definition) is 7. The molecule has 0 atom stereocenters. The Morgan fingerprint density at radius 1 is 1.18 bits per heavy atom. The number of ketones is 1. The van der Waals surface area contributed by atoms with Crippen LogP contribution in [0.3, 0.4) is 0 Å². The molecule has 1 aromatic carbocycles. The summed E-state index contributed by atoms with van der Waals surface area (Å²) in [5, 5.41) is 15.3. The van der Waals surface area contributed by atoms with Crippen LogP contribution in [0, 0.1) is 13.8 Å². The van der Waals surface area contributed by atoms with Gasteiger partial charge in [-0.3, -0.25) is 9.59 Å². The Morgan fingerprint density at radius 3 is 2.64 bits per heavy atom. The Kier molecular flexibility index (Phi) is 6.58. The number of carbonyl (C=O) groups is 2. The molecule has 0 unspecified atom stereocenters. The molecular weight excluding hydrogens is 394 g/mol. The van der Waals surface area contributed by atoms with Crippen LogP contribution in [0.5, 0.6) is 0 Å². The Labute approximate surface area is 171 Å². The molecule has 1 N–H and O–H groups in total. The van der Waals surface area contributed by atoms with Crippen LogP contribution >= 0.6 is 23.1 Å². The van der Waals surface area contributed by atoms with Crippen LogP contribution < -0.4 is 5.32 Å². The first-order valence-corrected chi connectivity index (χ1v) is 10.6. The lowest BCUT2D eigenvalue weighted by Crippen LogP contribution is -2.22. The van der Waals surface area contributed by atoms with Gasteiger partial charge in [0, 0.05) is 18.3 Å². The van der Waals surface area contributed by atoms with E-state index in [0.29, 0.717) is 16.6 Å². The molecule has 0 bridgehead atoms.